The van der Waals surface area contributed by atoms with E-state index in [1.807, 2.05) is 5.32 Å². The highest BCUT2D eigenvalue weighted by Crippen LogP contribution is 2.38. The Morgan fingerprint density at radius 3 is 2.44 bits per heavy atom. The third-order valence-electron chi connectivity index (χ3n) is 7.16. The molecular weight excluding hydrogens is 592 g/mol. The second-order valence-electron chi connectivity index (χ2n) is 10.8. The van der Waals surface area contributed by atoms with Crippen LogP contribution in [0.15, 0.2) is 22.8 Å². The van der Waals surface area contributed by atoms with Gasteiger partial charge in [0.05, 0.1) is 36.8 Å². The first-order valence-corrected chi connectivity index (χ1v) is 12.8. The predicted octanol–water partition coefficient (Wildman–Crippen LogP) is 4.12. The molecule has 236 valence electrons. The summed E-state index contributed by atoms with van der Waals surface area (Å²) in [6.45, 7) is 2.51. The summed E-state index contributed by atoms with van der Waals surface area (Å²) < 4.78 is 96.2. The van der Waals surface area contributed by atoms with Crippen LogP contribution in [0.25, 0.3) is 11.0 Å². The molecule has 2 aromatic heterocycles. The van der Waals surface area contributed by atoms with E-state index < -0.39 is 60.7 Å². The first kappa shape index (κ1) is 32.0. The SMILES string of the molecule is COC[C@H](c1ccc2nc([C@H](COC(C)(C)C(F)(F)F)NC(=O)c3nonc3C)[nH]c2c1)N1C[C@@](C)(C(F)(F)F)NC1=O. The molecule has 0 saturated carbocycles. The first-order chi connectivity index (χ1) is 19.9. The lowest BCUT2D eigenvalue weighted by Crippen LogP contribution is -2.53. The Labute approximate surface area is 240 Å². The van der Waals surface area contributed by atoms with Crippen molar-refractivity contribution in [2.45, 2.75) is 63.3 Å². The van der Waals surface area contributed by atoms with Gasteiger partial charge in [-0.3, -0.25) is 4.79 Å². The van der Waals surface area contributed by atoms with Crippen molar-refractivity contribution < 1.29 is 50.0 Å². The minimum Gasteiger partial charge on any atom is -0.382 e. The van der Waals surface area contributed by atoms with Crippen LogP contribution in [0.3, 0.4) is 0 Å². The van der Waals surface area contributed by atoms with Gasteiger partial charge in [-0.15, -0.1) is 0 Å². The van der Waals surface area contributed by atoms with E-state index in [9.17, 15) is 35.9 Å². The number of alkyl halides is 6. The van der Waals surface area contributed by atoms with Gasteiger partial charge in [-0.2, -0.15) is 26.3 Å². The molecule has 3 amide bonds. The summed E-state index contributed by atoms with van der Waals surface area (Å²) in [5.74, 6) is -0.800. The zero-order valence-corrected chi connectivity index (χ0v) is 23.6. The number of aromatic amines is 1. The number of benzene rings is 1. The Kier molecular flexibility index (Phi) is 8.40. The molecule has 1 saturated heterocycles. The van der Waals surface area contributed by atoms with E-state index in [-0.39, 0.29) is 23.8 Å². The summed E-state index contributed by atoms with van der Waals surface area (Å²) >= 11 is 0. The van der Waals surface area contributed by atoms with Crippen LogP contribution in [0.4, 0.5) is 31.1 Å². The molecule has 1 aliphatic rings. The van der Waals surface area contributed by atoms with Gasteiger partial charge in [0.2, 0.25) is 0 Å². The standard InChI is InChI=1S/C25H29F6N7O5/c1-12-18(37-43-36-12)20(39)34-16(9-42-22(2,3)24(26,27)28)19-32-14-7-6-13(8-15(14)33-19)17(10-41-5)38-11-23(4,25(29,30)31)35-21(38)40/h6-8,16-17H,9-11H2,1-5H3,(H,32,33)(H,34,39)(H,35,40)/t16-,17+,23-/m0/s1. The third-order valence-corrected chi connectivity index (χ3v) is 7.16. The molecular formula is C25H29F6N7O5. The van der Waals surface area contributed by atoms with Crippen LogP contribution >= 0.6 is 0 Å². The summed E-state index contributed by atoms with van der Waals surface area (Å²) in [6, 6.07) is 1.46. The van der Waals surface area contributed by atoms with Crippen molar-refractivity contribution in [3.8, 4) is 0 Å². The van der Waals surface area contributed by atoms with Crippen LogP contribution in [-0.4, -0.2) is 87.5 Å². The summed E-state index contributed by atoms with van der Waals surface area (Å²) in [7, 11) is 1.33. The van der Waals surface area contributed by atoms with Gasteiger partial charge in [0, 0.05) is 7.11 Å². The largest absolute Gasteiger partial charge is 0.416 e. The number of hydrogen-bond donors (Lipinski definition) is 3. The zero-order chi connectivity index (χ0) is 32.0. The number of amides is 3. The van der Waals surface area contributed by atoms with Gasteiger partial charge in [-0.1, -0.05) is 11.2 Å². The molecule has 12 nitrogen and oxygen atoms in total. The highest BCUT2D eigenvalue weighted by Gasteiger charge is 2.58. The van der Waals surface area contributed by atoms with Crippen molar-refractivity contribution in [1.82, 2.24) is 35.8 Å². The van der Waals surface area contributed by atoms with Crippen LogP contribution in [0.2, 0.25) is 0 Å². The number of H-pyrrole nitrogens is 1. The fraction of sp³-hybridized carbons (Fsp3) is 0.560. The Balaban J connectivity index is 1.66. The molecule has 3 heterocycles. The lowest BCUT2D eigenvalue weighted by atomic mass is 10.0. The van der Waals surface area contributed by atoms with Crippen molar-refractivity contribution in [3.63, 3.8) is 0 Å². The normalized spacial score (nSPS) is 19.5. The minimum absolute atomic E-state index is 0.0134. The van der Waals surface area contributed by atoms with Crippen molar-refractivity contribution >= 4 is 23.0 Å². The summed E-state index contributed by atoms with van der Waals surface area (Å²) in [6.07, 6.45) is -9.43. The molecule has 18 heteroatoms. The summed E-state index contributed by atoms with van der Waals surface area (Å²) in [5, 5.41) is 11.5. The number of carbonyl (C=O) groups excluding carboxylic acids is 2. The van der Waals surface area contributed by atoms with Gasteiger partial charge >= 0.3 is 18.4 Å². The lowest BCUT2D eigenvalue weighted by molar-refractivity contribution is -0.265. The third kappa shape index (κ3) is 6.39. The maximum Gasteiger partial charge on any atom is 0.416 e. The highest BCUT2D eigenvalue weighted by molar-refractivity contribution is 5.93. The monoisotopic (exact) mass is 621 g/mol. The number of aromatic nitrogens is 4. The van der Waals surface area contributed by atoms with Crippen LogP contribution in [0, 0.1) is 6.92 Å². The Morgan fingerprint density at radius 1 is 1.19 bits per heavy atom. The quantitative estimate of drug-likeness (QED) is 0.287. The molecule has 0 aliphatic carbocycles. The topological polar surface area (TPSA) is 147 Å². The van der Waals surface area contributed by atoms with Gasteiger partial charge in [0.25, 0.3) is 5.91 Å². The Morgan fingerprint density at radius 2 is 1.88 bits per heavy atom. The molecule has 3 N–H and O–H groups in total. The number of hydrogen-bond acceptors (Lipinski definition) is 8. The van der Waals surface area contributed by atoms with Gasteiger partial charge in [-0.25, -0.2) is 14.4 Å². The highest BCUT2D eigenvalue weighted by atomic mass is 19.4. The number of imidazole rings is 1. The predicted molar refractivity (Wildman–Crippen MR) is 136 cm³/mol. The van der Waals surface area contributed by atoms with E-state index in [1.54, 1.807) is 0 Å². The van der Waals surface area contributed by atoms with E-state index in [1.165, 1.54) is 32.2 Å². The van der Waals surface area contributed by atoms with Crippen LogP contribution in [-0.2, 0) is 9.47 Å². The van der Waals surface area contributed by atoms with Crippen molar-refractivity contribution in [2.75, 3.05) is 26.9 Å². The maximum atomic E-state index is 13.6. The Hall–Kier alpha value is -3.93. The lowest BCUT2D eigenvalue weighted by Gasteiger charge is -2.30. The molecule has 4 rings (SSSR count). The van der Waals surface area contributed by atoms with E-state index in [4.69, 9.17) is 9.47 Å². The number of carbonyl (C=O) groups is 2. The fourth-order valence-corrected chi connectivity index (χ4v) is 4.34. The molecule has 0 radical (unpaired) electrons. The molecule has 3 atom stereocenters. The van der Waals surface area contributed by atoms with Gasteiger partial charge in [-0.05, 0) is 50.5 Å². The van der Waals surface area contributed by atoms with E-state index in [0.29, 0.717) is 16.6 Å². The summed E-state index contributed by atoms with van der Waals surface area (Å²) in [5.41, 5.74) is -4.08. The number of aryl methyl sites for hydroxylation is 1. The number of ether oxygens (including phenoxy) is 2. The van der Waals surface area contributed by atoms with Crippen LogP contribution in [0.1, 0.15) is 60.4 Å². The number of nitrogens with zero attached hydrogens (tertiary/aromatic N) is 4. The van der Waals surface area contributed by atoms with E-state index in [0.717, 1.165) is 25.7 Å². The smallest absolute Gasteiger partial charge is 0.382 e. The molecule has 1 fully saturated rings. The van der Waals surface area contributed by atoms with Gasteiger partial charge < -0.3 is 30.0 Å². The van der Waals surface area contributed by atoms with Gasteiger partial charge in [0.1, 0.15) is 17.6 Å². The number of fused-ring (bicyclic) bond motifs is 1. The zero-order valence-electron chi connectivity index (χ0n) is 23.6. The van der Waals surface area contributed by atoms with E-state index >= 15 is 0 Å². The first-order valence-electron chi connectivity index (χ1n) is 12.8. The van der Waals surface area contributed by atoms with Crippen molar-refractivity contribution in [2.24, 2.45) is 0 Å². The van der Waals surface area contributed by atoms with Gasteiger partial charge in [0.15, 0.2) is 16.8 Å². The minimum atomic E-state index is -4.72. The number of nitrogens with one attached hydrogen (secondary N) is 3. The van der Waals surface area contributed by atoms with E-state index in [2.05, 4.69) is 30.2 Å². The fourth-order valence-electron chi connectivity index (χ4n) is 4.34. The second kappa shape index (κ2) is 11.3. The number of halogens is 6. The second-order valence-corrected chi connectivity index (χ2v) is 10.8. The maximum absolute atomic E-state index is 13.6. The van der Waals surface area contributed by atoms with Crippen LogP contribution in [0.5, 0.6) is 0 Å². The average molecular weight is 622 g/mol. The number of urea groups is 1. The number of methoxy groups -OCH3 is 1. The molecule has 0 unspecified atom stereocenters. The molecule has 0 spiro atoms. The Bertz CT molecular complexity index is 1490. The van der Waals surface area contributed by atoms with Crippen LogP contribution < -0.4 is 10.6 Å². The van der Waals surface area contributed by atoms with Crippen molar-refractivity contribution in [1.29, 1.82) is 0 Å². The summed E-state index contributed by atoms with van der Waals surface area (Å²) in [4.78, 5) is 33.8. The number of rotatable bonds is 10. The molecule has 43 heavy (non-hydrogen) atoms. The molecule has 3 aromatic rings. The van der Waals surface area contributed by atoms with Crippen molar-refractivity contribution in [3.05, 3.63) is 41.0 Å². The molecule has 1 aliphatic heterocycles. The average Bonchev–Trinajstić information content (AvgIpc) is 3.60. The molecule has 0 bridgehead atoms. The molecule has 1 aromatic carbocycles.